The number of β-amino-alcohol motifs (C(OH)–C–C–N with tert-alkyl or cyclic N) is 2. The Bertz CT molecular complexity index is 1730. The van der Waals surface area contributed by atoms with Crippen LogP contribution in [0.25, 0.3) is 32.9 Å². The lowest BCUT2D eigenvalue weighted by molar-refractivity contribution is -0.0790. The molecule has 3 aliphatic rings. The molecule has 3 saturated heterocycles. The molecule has 2 aromatic heterocycles. The number of nitrogens with zero attached hydrogens (tertiary/aromatic N) is 5. The summed E-state index contributed by atoms with van der Waals surface area (Å²) >= 11 is 0. The molecule has 0 saturated carbocycles. The summed E-state index contributed by atoms with van der Waals surface area (Å²) < 4.78 is 37.7. The fourth-order valence-corrected chi connectivity index (χ4v) is 7.59. The number of phenolic OH excluding ortho intramolecular Hbond substituents is 1. The van der Waals surface area contributed by atoms with Crippen molar-refractivity contribution in [3.63, 3.8) is 0 Å². The molecule has 5 heterocycles. The summed E-state index contributed by atoms with van der Waals surface area (Å²) in [7, 11) is 0. The van der Waals surface area contributed by atoms with Gasteiger partial charge in [0.05, 0.1) is 24.2 Å². The first-order chi connectivity index (χ1) is 21.2. The number of halogens is 2. The molecular formula is C33H37F2N5O4. The first kappa shape index (κ1) is 29.1. The number of piperidine rings is 2. The van der Waals surface area contributed by atoms with Gasteiger partial charge in [0.2, 0.25) is 0 Å². The zero-order valence-electron chi connectivity index (χ0n) is 24.9. The molecule has 11 heteroatoms. The van der Waals surface area contributed by atoms with E-state index in [4.69, 9.17) is 4.74 Å². The van der Waals surface area contributed by atoms with Crippen LogP contribution in [0.3, 0.4) is 0 Å². The molecule has 9 nitrogen and oxygen atoms in total. The first-order valence-electron chi connectivity index (χ1n) is 15.4. The number of hydrogen-bond donors (Lipinski definition) is 3. The maximum Gasteiger partial charge on any atom is 0.319 e. The van der Waals surface area contributed by atoms with Gasteiger partial charge in [-0.2, -0.15) is 9.97 Å². The number of hydrogen-bond acceptors (Lipinski definition) is 9. The number of aromatic nitrogens is 3. The molecule has 2 bridgehead atoms. The van der Waals surface area contributed by atoms with Crippen molar-refractivity contribution in [2.75, 3.05) is 37.7 Å². The molecule has 3 N–H and O–H groups in total. The van der Waals surface area contributed by atoms with Crippen molar-refractivity contribution < 1.29 is 28.8 Å². The van der Waals surface area contributed by atoms with Gasteiger partial charge in [-0.25, -0.2) is 8.78 Å². The van der Waals surface area contributed by atoms with E-state index in [9.17, 15) is 19.7 Å². The van der Waals surface area contributed by atoms with Crippen molar-refractivity contribution in [3.8, 4) is 23.0 Å². The van der Waals surface area contributed by atoms with E-state index in [-0.39, 0.29) is 54.5 Å². The van der Waals surface area contributed by atoms with Crippen molar-refractivity contribution in [1.29, 1.82) is 0 Å². The van der Waals surface area contributed by atoms with E-state index in [0.717, 1.165) is 35.7 Å². The number of aliphatic hydroxyl groups excluding tert-OH is 2. The van der Waals surface area contributed by atoms with Gasteiger partial charge in [-0.05, 0) is 67.6 Å². The van der Waals surface area contributed by atoms with Gasteiger partial charge < -0.3 is 25.0 Å². The molecule has 3 aliphatic heterocycles. The smallest absolute Gasteiger partial charge is 0.319 e. The fraction of sp³-hybridized carbons (Fsp3) is 0.485. The second-order valence-electron chi connectivity index (χ2n) is 12.6. The molecule has 0 spiro atoms. The minimum atomic E-state index is -0.996. The summed E-state index contributed by atoms with van der Waals surface area (Å²) in [6.07, 6.45) is 1.37. The van der Waals surface area contributed by atoms with Crippen molar-refractivity contribution in [1.82, 2.24) is 19.9 Å². The number of alkyl halides is 1. The quantitative estimate of drug-likeness (QED) is 0.295. The van der Waals surface area contributed by atoms with Crippen LogP contribution in [0.4, 0.5) is 14.6 Å². The van der Waals surface area contributed by atoms with Crippen molar-refractivity contribution in [2.24, 2.45) is 5.41 Å². The van der Waals surface area contributed by atoms with E-state index in [1.54, 1.807) is 11.0 Å². The number of aryl methyl sites for hydroxylation is 1. The third-order valence-corrected chi connectivity index (χ3v) is 9.99. The van der Waals surface area contributed by atoms with Crippen LogP contribution in [-0.2, 0) is 6.42 Å². The molecule has 0 aliphatic carbocycles. The van der Waals surface area contributed by atoms with Crippen LogP contribution < -0.4 is 9.64 Å². The predicted octanol–water partition coefficient (Wildman–Crippen LogP) is 4.39. The number of fused-ring (bicyclic) bond motifs is 4. The van der Waals surface area contributed by atoms with E-state index < -0.39 is 29.6 Å². The summed E-state index contributed by atoms with van der Waals surface area (Å²) in [6.45, 7) is 5.75. The number of aliphatic hydroxyl groups is 2. The lowest BCUT2D eigenvalue weighted by atomic mass is 9.68. The second-order valence-corrected chi connectivity index (χ2v) is 12.6. The standard InChI is InChI=1S/C33H37F2N5O4/c1-3-19-6-4-7-20-10-22(41)11-23(27(19)20)29-28(35)30-24(13-36-29)31(40-15-25(42)26(43)16-40)38-32(37-30)44-17-33-8-5-9-39(18(33)2)14-21(34)12-33/h4,6-7,10-11,13,18,21,25-26,41-43H,3,5,8-9,12,14-17H2,1-2H3/t18?,21-,25-,26+,33+/m1/s1. The van der Waals surface area contributed by atoms with E-state index >= 15 is 4.39 Å². The van der Waals surface area contributed by atoms with Gasteiger partial charge in [-0.3, -0.25) is 9.88 Å². The Morgan fingerprint density at radius 2 is 1.91 bits per heavy atom. The topological polar surface area (TPSA) is 115 Å². The van der Waals surface area contributed by atoms with E-state index in [0.29, 0.717) is 30.3 Å². The van der Waals surface area contributed by atoms with Gasteiger partial charge in [0.1, 0.15) is 28.9 Å². The molecule has 2 unspecified atom stereocenters. The Hall–Kier alpha value is -3.67. The SMILES string of the molecule is CCc1cccc2cc(O)cc(-c3ncc4c(N5C[C@@H](O)[C@@H](O)C5)nc(OC[C@]56CCCN(C[C@H](F)C5)C6C)nc4c3F)c12. The first-order valence-corrected chi connectivity index (χ1v) is 15.4. The Morgan fingerprint density at radius 1 is 1.11 bits per heavy atom. The normalized spacial score (nSPS) is 28.6. The minimum Gasteiger partial charge on any atom is -0.508 e. The average molecular weight is 606 g/mol. The highest BCUT2D eigenvalue weighted by molar-refractivity contribution is 6.01. The van der Waals surface area contributed by atoms with Crippen LogP contribution in [0.15, 0.2) is 36.5 Å². The number of aromatic hydroxyl groups is 1. The Balaban J connectivity index is 1.36. The highest BCUT2D eigenvalue weighted by Crippen LogP contribution is 2.45. The van der Waals surface area contributed by atoms with Gasteiger partial charge in [0.15, 0.2) is 5.82 Å². The lowest BCUT2D eigenvalue weighted by Gasteiger charge is -2.53. The highest BCUT2D eigenvalue weighted by Gasteiger charge is 2.48. The maximum atomic E-state index is 16.7. The Labute approximate surface area is 254 Å². The summed E-state index contributed by atoms with van der Waals surface area (Å²) in [5.74, 6) is -0.426. The zero-order valence-corrected chi connectivity index (χ0v) is 24.9. The number of anilines is 1. The van der Waals surface area contributed by atoms with Gasteiger partial charge in [-0.15, -0.1) is 0 Å². The van der Waals surface area contributed by atoms with E-state index in [1.807, 2.05) is 25.1 Å². The second kappa shape index (κ2) is 11.0. The van der Waals surface area contributed by atoms with E-state index in [2.05, 4.69) is 26.8 Å². The molecule has 4 aromatic rings. The van der Waals surface area contributed by atoms with Crippen LogP contribution in [0.5, 0.6) is 11.8 Å². The third-order valence-electron chi connectivity index (χ3n) is 9.99. The van der Waals surface area contributed by atoms with Crippen molar-refractivity contribution in [3.05, 3.63) is 47.9 Å². The number of benzene rings is 2. The molecule has 3 fully saturated rings. The van der Waals surface area contributed by atoms with Crippen LogP contribution >= 0.6 is 0 Å². The largest absolute Gasteiger partial charge is 0.508 e. The molecule has 44 heavy (non-hydrogen) atoms. The summed E-state index contributed by atoms with van der Waals surface area (Å²) in [6, 6.07) is 8.95. The van der Waals surface area contributed by atoms with Gasteiger partial charge in [-0.1, -0.05) is 25.1 Å². The summed E-state index contributed by atoms with van der Waals surface area (Å²) in [5, 5.41) is 33.0. The minimum absolute atomic E-state index is 0.0111. The molecular weight excluding hydrogens is 568 g/mol. The van der Waals surface area contributed by atoms with Gasteiger partial charge in [0.25, 0.3) is 0 Å². The number of ether oxygens (including phenoxy) is 1. The van der Waals surface area contributed by atoms with E-state index in [1.165, 1.54) is 12.3 Å². The average Bonchev–Trinajstić information content (AvgIpc) is 3.33. The third kappa shape index (κ3) is 4.81. The Morgan fingerprint density at radius 3 is 2.68 bits per heavy atom. The molecule has 232 valence electrons. The summed E-state index contributed by atoms with van der Waals surface area (Å²) in [5.41, 5.74) is 1.00. The monoisotopic (exact) mass is 605 g/mol. The molecule has 0 radical (unpaired) electrons. The number of pyridine rings is 1. The maximum absolute atomic E-state index is 16.7. The predicted molar refractivity (Wildman–Crippen MR) is 163 cm³/mol. The van der Waals surface area contributed by atoms with Crippen molar-refractivity contribution >= 4 is 27.5 Å². The molecule has 7 rings (SSSR count). The van der Waals surface area contributed by atoms with Crippen LogP contribution in [0.2, 0.25) is 0 Å². The van der Waals surface area contributed by atoms with Crippen LogP contribution in [-0.4, -0.2) is 92.4 Å². The van der Waals surface area contributed by atoms with Crippen LogP contribution in [0, 0.1) is 11.2 Å². The Kier molecular flexibility index (Phi) is 7.30. The molecule has 2 aromatic carbocycles. The number of phenols is 1. The van der Waals surface area contributed by atoms with Crippen LogP contribution in [0.1, 0.15) is 38.7 Å². The van der Waals surface area contributed by atoms with Gasteiger partial charge in [0, 0.05) is 42.9 Å². The zero-order chi connectivity index (χ0) is 30.7. The highest BCUT2D eigenvalue weighted by atomic mass is 19.1. The lowest BCUT2D eigenvalue weighted by Crippen LogP contribution is -2.60. The number of rotatable bonds is 6. The van der Waals surface area contributed by atoms with Crippen molar-refractivity contribution in [2.45, 2.75) is 64.0 Å². The summed E-state index contributed by atoms with van der Waals surface area (Å²) in [4.78, 5) is 17.5. The van der Waals surface area contributed by atoms with Gasteiger partial charge >= 0.3 is 6.01 Å². The molecule has 6 atom stereocenters. The molecule has 0 amide bonds. The fourth-order valence-electron chi connectivity index (χ4n) is 7.59.